The molecule has 1 saturated carbocycles. The third-order valence-corrected chi connectivity index (χ3v) is 3.06. The summed E-state index contributed by atoms with van der Waals surface area (Å²) in [6.45, 7) is 2.08. The van der Waals surface area contributed by atoms with Crippen LogP contribution in [0.25, 0.3) is 0 Å². The number of alkyl halides is 1. The Balaban J connectivity index is 2.46. The van der Waals surface area contributed by atoms with Crippen molar-refractivity contribution >= 4 is 17.6 Å². The zero-order valence-electron chi connectivity index (χ0n) is 6.59. The first-order valence-corrected chi connectivity index (χ1v) is 4.41. The van der Waals surface area contributed by atoms with E-state index in [0.29, 0.717) is 12.3 Å². The van der Waals surface area contributed by atoms with Gasteiger partial charge in [0.2, 0.25) is 0 Å². The lowest BCUT2D eigenvalue weighted by molar-refractivity contribution is -0.142. The molecule has 0 bridgehead atoms. The van der Waals surface area contributed by atoms with Crippen molar-refractivity contribution in [2.75, 3.05) is 0 Å². The predicted molar refractivity (Wildman–Crippen MR) is 43.8 cm³/mol. The van der Waals surface area contributed by atoms with Crippen molar-refractivity contribution in [1.29, 1.82) is 0 Å². The van der Waals surface area contributed by atoms with E-state index in [9.17, 15) is 4.79 Å². The minimum atomic E-state index is -0.692. The summed E-state index contributed by atoms with van der Waals surface area (Å²) in [6, 6.07) is 0. The zero-order chi connectivity index (χ0) is 8.43. The first kappa shape index (κ1) is 8.85. The maximum absolute atomic E-state index is 10.5. The van der Waals surface area contributed by atoms with Crippen LogP contribution in [0.2, 0.25) is 0 Å². The van der Waals surface area contributed by atoms with Gasteiger partial charge in [-0.15, -0.1) is 11.6 Å². The number of carboxylic acid groups (broad SMARTS) is 1. The van der Waals surface area contributed by atoms with Gasteiger partial charge in [-0.2, -0.15) is 0 Å². The number of hydrogen-bond acceptors (Lipinski definition) is 1. The van der Waals surface area contributed by atoms with Crippen molar-refractivity contribution in [3.05, 3.63) is 0 Å². The maximum Gasteiger partial charge on any atom is 0.306 e. The van der Waals surface area contributed by atoms with E-state index in [2.05, 4.69) is 6.92 Å². The molecule has 3 unspecified atom stereocenters. The van der Waals surface area contributed by atoms with Gasteiger partial charge < -0.3 is 5.11 Å². The molecule has 3 heteroatoms. The number of halogens is 1. The maximum atomic E-state index is 10.5. The van der Waals surface area contributed by atoms with Crippen LogP contribution in [0.1, 0.15) is 26.2 Å². The van der Waals surface area contributed by atoms with E-state index < -0.39 is 5.97 Å². The minimum Gasteiger partial charge on any atom is -0.481 e. The van der Waals surface area contributed by atoms with Gasteiger partial charge in [0, 0.05) is 5.38 Å². The summed E-state index contributed by atoms with van der Waals surface area (Å²) in [7, 11) is 0. The SMILES string of the molecule is CC1CCC(C(=O)O)CC1Cl. The molecule has 64 valence electrons. The minimum absolute atomic E-state index is 0.0600. The molecule has 0 amide bonds. The fraction of sp³-hybridized carbons (Fsp3) is 0.875. The Bertz CT molecular complexity index is 158. The van der Waals surface area contributed by atoms with Crippen LogP contribution in [0.5, 0.6) is 0 Å². The van der Waals surface area contributed by atoms with Crippen molar-refractivity contribution in [3.8, 4) is 0 Å². The highest BCUT2D eigenvalue weighted by Crippen LogP contribution is 2.32. The van der Waals surface area contributed by atoms with Crippen LogP contribution < -0.4 is 0 Å². The smallest absolute Gasteiger partial charge is 0.306 e. The predicted octanol–water partition coefficient (Wildman–Crippen LogP) is 2.11. The fourth-order valence-electron chi connectivity index (χ4n) is 1.49. The average molecular weight is 177 g/mol. The molecule has 0 spiro atoms. The van der Waals surface area contributed by atoms with Crippen molar-refractivity contribution in [1.82, 2.24) is 0 Å². The van der Waals surface area contributed by atoms with Crippen LogP contribution in [-0.2, 0) is 4.79 Å². The lowest BCUT2D eigenvalue weighted by atomic mass is 9.83. The highest BCUT2D eigenvalue weighted by atomic mass is 35.5. The van der Waals surface area contributed by atoms with Gasteiger partial charge in [-0.05, 0) is 25.2 Å². The molecule has 0 aromatic heterocycles. The molecule has 2 nitrogen and oxygen atoms in total. The third kappa shape index (κ3) is 2.09. The Hall–Kier alpha value is -0.240. The summed E-state index contributed by atoms with van der Waals surface area (Å²) in [5.41, 5.74) is 0. The molecule has 1 rings (SSSR count). The van der Waals surface area contributed by atoms with E-state index >= 15 is 0 Å². The normalized spacial score (nSPS) is 38.5. The highest BCUT2D eigenvalue weighted by Gasteiger charge is 2.29. The zero-order valence-corrected chi connectivity index (χ0v) is 7.34. The molecule has 3 atom stereocenters. The molecule has 11 heavy (non-hydrogen) atoms. The molecule has 0 heterocycles. The van der Waals surface area contributed by atoms with Crippen LogP contribution in [0.3, 0.4) is 0 Å². The quantitative estimate of drug-likeness (QED) is 0.622. The average Bonchev–Trinajstić information content (AvgIpc) is 1.94. The summed E-state index contributed by atoms with van der Waals surface area (Å²) in [5, 5.41) is 8.74. The molecule has 0 aromatic carbocycles. The lowest BCUT2D eigenvalue weighted by Gasteiger charge is -2.27. The molecular weight excluding hydrogens is 164 g/mol. The van der Waals surface area contributed by atoms with Crippen molar-refractivity contribution in [2.45, 2.75) is 31.6 Å². The summed E-state index contributed by atoms with van der Waals surface area (Å²) < 4.78 is 0. The molecule has 0 radical (unpaired) electrons. The topological polar surface area (TPSA) is 37.3 Å². The number of carbonyl (C=O) groups is 1. The van der Waals surface area contributed by atoms with Gasteiger partial charge in [0.25, 0.3) is 0 Å². The second kappa shape index (κ2) is 3.44. The number of rotatable bonds is 1. The van der Waals surface area contributed by atoms with Gasteiger partial charge in [0.05, 0.1) is 5.92 Å². The second-order valence-electron chi connectivity index (χ2n) is 3.34. The lowest BCUT2D eigenvalue weighted by Crippen LogP contribution is -2.28. The summed E-state index contributed by atoms with van der Waals surface area (Å²) in [4.78, 5) is 10.5. The summed E-state index contributed by atoms with van der Waals surface area (Å²) in [5.74, 6) is -0.413. The van der Waals surface area contributed by atoms with Gasteiger partial charge in [-0.3, -0.25) is 4.79 Å². The first-order chi connectivity index (χ1) is 5.11. The van der Waals surface area contributed by atoms with Gasteiger partial charge in [0.15, 0.2) is 0 Å². The fourth-order valence-corrected chi connectivity index (χ4v) is 1.83. The highest BCUT2D eigenvalue weighted by molar-refractivity contribution is 6.20. The van der Waals surface area contributed by atoms with Crippen LogP contribution >= 0.6 is 11.6 Å². The van der Waals surface area contributed by atoms with E-state index in [1.165, 1.54) is 0 Å². The molecule has 0 aliphatic heterocycles. The second-order valence-corrected chi connectivity index (χ2v) is 3.90. The largest absolute Gasteiger partial charge is 0.481 e. The molecule has 1 fully saturated rings. The monoisotopic (exact) mass is 176 g/mol. The Kier molecular flexibility index (Phi) is 2.77. The number of aliphatic carboxylic acids is 1. The van der Waals surface area contributed by atoms with E-state index in [1.807, 2.05) is 0 Å². The van der Waals surface area contributed by atoms with Crippen molar-refractivity contribution in [2.24, 2.45) is 11.8 Å². The van der Waals surface area contributed by atoms with E-state index in [4.69, 9.17) is 16.7 Å². The van der Waals surface area contributed by atoms with Crippen LogP contribution in [0, 0.1) is 11.8 Å². The summed E-state index contributed by atoms with van der Waals surface area (Å²) in [6.07, 6.45) is 2.38. The van der Waals surface area contributed by atoms with Gasteiger partial charge in [-0.25, -0.2) is 0 Å². The van der Waals surface area contributed by atoms with Crippen LogP contribution in [-0.4, -0.2) is 16.5 Å². The molecule has 0 saturated heterocycles. The van der Waals surface area contributed by atoms with Gasteiger partial charge in [-0.1, -0.05) is 6.92 Å². The van der Waals surface area contributed by atoms with E-state index in [0.717, 1.165) is 12.8 Å². The number of hydrogen-bond donors (Lipinski definition) is 1. The molecule has 1 N–H and O–H groups in total. The Morgan fingerprint density at radius 2 is 2.18 bits per heavy atom. The summed E-state index contributed by atoms with van der Waals surface area (Å²) >= 11 is 5.94. The van der Waals surface area contributed by atoms with E-state index in [1.54, 1.807) is 0 Å². The number of carboxylic acids is 1. The molecular formula is C8H13ClO2. The molecule has 1 aliphatic rings. The first-order valence-electron chi connectivity index (χ1n) is 3.98. The van der Waals surface area contributed by atoms with Gasteiger partial charge >= 0.3 is 5.97 Å². The van der Waals surface area contributed by atoms with Crippen molar-refractivity contribution < 1.29 is 9.90 Å². The molecule has 1 aliphatic carbocycles. The Morgan fingerprint density at radius 3 is 2.64 bits per heavy atom. The Labute approximate surface area is 71.5 Å². The third-order valence-electron chi connectivity index (χ3n) is 2.45. The van der Waals surface area contributed by atoms with Crippen LogP contribution in [0.4, 0.5) is 0 Å². The molecule has 0 aromatic rings. The Morgan fingerprint density at radius 1 is 1.55 bits per heavy atom. The van der Waals surface area contributed by atoms with E-state index in [-0.39, 0.29) is 11.3 Å². The standard InChI is InChI=1S/C8H13ClO2/c1-5-2-3-6(8(10)11)4-7(5)9/h5-7H,2-4H2,1H3,(H,10,11). The van der Waals surface area contributed by atoms with Crippen LogP contribution in [0.15, 0.2) is 0 Å². The van der Waals surface area contributed by atoms with Crippen molar-refractivity contribution in [3.63, 3.8) is 0 Å². The van der Waals surface area contributed by atoms with Gasteiger partial charge in [0.1, 0.15) is 0 Å².